The van der Waals surface area contributed by atoms with Gasteiger partial charge in [0.15, 0.2) is 0 Å². The van der Waals surface area contributed by atoms with Crippen LogP contribution in [0.4, 0.5) is 0 Å². The SMILES string of the molecule is Cn1c(/C=N/[Si](c2ccccc2)(c2ccccc2)c2ccccc2)ccc1/C=N/[Si](c1ccccc1)(c1ccccc1)c1ccccc1.[Cl][Fe][Cl]. The molecule has 0 amide bonds. The Balaban J connectivity index is 0.00000144. The molecule has 0 bridgehead atoms. The summed E-state index contributed by atoms with van der Waals surface area (Å²) in [5.41, 5.74) is 2.06. The van der Waals surface area contributed by atoms with Crippen LogP contribution >= 0.6 is 20.2 Å². The van der Waals surface area contributed by atoms with Crippen LogP contribution in [0.1, 0.15) is 11.4 Å². The fourth-order valence-electron chi connectivity index (χ4n) is 6.65. The van der Waals surface area contributed by atoms with Gasteiger partial charge in [0.2, 0.25) is 0 Å². The minimum atomic E-state index is -2.77. The molecule has 1 aromatic heterocycles. The van der Waals surface area contributed by atoms with Crippen LogP contribution in [-0.4, -0.2) is 33.5 Å². The second-order valence-electron chi connectivity index (χ2n) is 11.9. The number of benzene rings is 6. The molecule has 254 valence electrons. The molecule has 0 unspecified atom stereocenters. The topological polar surface area (TPSA) is 29.6 Å². The molecule has 0 aliphatic carbocycles. The number of nitrogens with zero attached hydrogens (tertiary/aromatic N) is 3. The predicted octanol–water partition coefficient (Wildman–Crippen LogP) is 6.57. The van der Waals surface area contributed by atoms with Crippen LogP contribution in [0, 0.1) is 0 Å². The second kappa shape index (κ2) is 17.6. The number of halogens is 2. The monoisotopic (exact) mass is 777 g/mol. The van der Waals surface area contributed by atoms with E-state index in [1.807, 2.05) is 0 Å². The maximum absolute atomic E-state index is 5.62. The van der Waals surface area contributed by atoms with Gasteiger partial charge in [0.1, 0.15) is 0 Å². The van der Waals surface area contributed by atoms with Crippen molar-refractivity contribution >= 4 is 80.2 Å². The number of aromatic nitrogens is 1. The predicted molar refractivity (Wildman–Crippen MR) is 220 cm³/mol. The molecule has 0 saturated carbocycles. The molecule has 0 atom stereocenters. The molecule has 0 aliphatic heterocycles. The summed E-state index contributed by atoms with van der Waals surface area (Å²) in [6, 6.07) is 69.0. The van der Waals surface area contributed by atoms with Crippen molar-refractivity contribution in [3.63, 3.8) is 0 Å². The van der Waals surface area contributed by atoms with Crippen LogP contribution in [0.15, 0.2) is 203 Å². The Morgan fingerprint density at radius 2 is 0.588 bits per heavy atom. The van der Waals surface area contributed by atoms with Crippen LogP contribution in [-0.2, 0) is 20.2 Å². The first-order valence-corrected chi connectivity index (χ1v) is 23.5. The minimum absolute atomic E-state index is 0.194. The van der Waals surface area contributed by atoms with E-state index in [1.165, 1.54) is 31.1 Å². The van der Waals surface area contributed by atoms with Crippen molar-refractivity contribution in [2.75, 3.05) is 0 Å². The molecular weight excluding hydrogens is 741 g/mol. The maximum atomic E-state index is 5.62. The standard InChI is InChI=1S/C43H37N3Si2.2ClH.Fe/c1-46-36(34-44-47(38-20-8-2-9-21-38,39-22-10-3-11-23-39)40-24-12-4-13-25-40)32-33-37(46)35-45-48(41-26-14-5-15-27-41,42-28-16-6-17-29-42)43-30-18-7-19-31-43;;;/h2-35H,1H3;2*1H;/q;;;+2/p-2/b44-34+,45-35+;;;. The normalized spacial score (nSPS) is 11.8. The summed E-state index contributed by atoms with van der Waals surface area (Å²) in [6.45, 7) is 0. The van der Waals surface area contributed by atoms with Gasteiger partial charge >= 0.3 is 33.3 Å². The Kier molecular flexibility index (Phi) is 12.5. The summed E-state index contributed by atoms with van der Waals surface area (Å²) in [5, 5.41) is 7.49. The Labute approximate surface area is 317 Å². The van der Waals surface area contributed by atoms with Crippen LogP contribution < -0.4 is 31.1 Å². The number of hydrogen-bond donors (Lipinski definition) is 0. The van der Waals surface area contributed by atoms with Crippen molar-refractivity contribution in [3.8, 4) is 0 Å². The summed E-state index contributed by atoms with van der Waals surface area (Å²) < 4.78 is 13.4. The van der Waals surface area contributed by atoms with Gasteiger partial charge in [-0.05, 0) is 43.3 Å². The van der Waals surface area contributed by atoms with Gasteiger partial charge in [-0.2, -0.15) is 0 Å². The van der Waals surface area contributed by atoms with E-state index >= 15 is 0 Å². The van der Waals surface area contributed by atoms with Crippen LogP contribution in [0.2, 0.25) is 0 Å². The Morgan fingerprint density at radius 3 is 0.784 bits per heavy atom. The molecule has 3 nitrogen and oxygen atoms in total. The van der Waals surface area contributed by atoms with Gasteiger partial charge in [-0.1, -0.05) is 182 Å². The van der Waals surface area contributed by atoms with Crippen molar-refractivity contribution in [1.29, 1.82) is 0 Å². The molecule has 51 heavy (non-hydrogen) atoms. The van der Waals surface area contributed by atoms with E-state index in [0.717, 1.165) is 11.4 Å². The van der Waals surface area contributed by atoms with Crippen LogP contribution in [0.5, 0.6) is 0 Å². The number of rotatable bonds is 10. The molecule has 0 N–H and O–H groups in total. The average molecular weight is 779 g/mol. The van der Waals surface area contributed by atoms with Gasteiger partial charge in [0.05, 0.1) is 11.4 Å². The third-order valence-electron chi connectivity index (χ3n) is 9.13. The molecular formula is C43H37Cl2FeN3Si2. The third kappa shape index (κ3) is 7.87. The van der Waals surface area contributed by atoms with Crippen LogP contribution in [0.3, 0.4) is 0 Å². The molecule has 0 spiro atoms. The van der Waals surface area contributed by atoms with Gasteiger partial charge in [-0.25, -0.2) is 0 Å². The van der Waals surface area contributed by atoms with E-state index in [0.29, 0.717) is 0 Å². The number of hydrogen-bond acceptors (Lipinski definition) is 2. The Morgan fingerprint density at radius 1 is 0.392 bits per heavy atom. The van der Waals surface area contributed by atoms with Crippen molar-refractivity contribution in [3.05, 3.63) is 206 Å². The van der Waals surface area contributed by atoms with E-state index < -0.39 is 16.5 Å². The summed E-state index contributed by atoms with van der Waals surface area (Å²) in [5.74, 6) is 0. The fourth-order valence-corrected chi connectivity index (χ4v) is 14.2. The zero-order valence-electron chi connectivity index (χ0n) is 28.1. The summed E-state index contributed by atoms with van der Waals surface area (Å²) in [6.07, 6.45) is 4.15. The first-order chi connectivity index (χ1) is 25.1. The molecule has 0 saturated heterocycles. The summed E-state index contributed by atoms with van der Waals surface area (Å²) >= 11 is 0.194. The van der Waals surface area contributed by atoms with Gasteiger partial charge in [-0.3, -0.25) is 0 Å². The Bertz CT molecular complexity index is 1800. The molecule has 1 heterocycles. The van der Waals surface area contributed by atoms with Gasteiger partial charge in [0.25, 0.3) is 16.5 Å². The van der Waals surface area contributed by atoms with Crippen molar-refractivity contribution in [2.24, 2.45) is 16.4 Å². The van der Waals surface area contributed by atoms with Gasteiger partial charge in [-0.15, -0.1) is 0 Å². The van der Waals surface area contributed by atoms with Gasteiger partial charge in [0, 0.05) is 19.5 Å². The van der Waals surface area contributed by atoms with Crippen molar-refractivity contribution < 1.29 is 13.1 Å². The molecule has 0 fully saturated rings. The van der Waals surface area contributed by atoms with Crippen molar-refractivity contribution in [2.45, 2.75) is 0 Å². The quantitative estimate of drug-likeness (QED) is 0.0855. The van der Waals surface area contributed by atoms with Crippen LogP contribution in [0.25, 0.3) is 0 Å². The fraction of sp³-hybridized carbons (Fsp3) is 0.0233. The first-order valence-electron chi connectivity index (χ1n) is 16.6. The van der Waals surface area contributed by atoms with E-state index in [-0.39, 0.29) is 13.1 Å². The second-order valence-corrected chi connectivity index (χ2v) is 20.6. The average Bonchev–Trinajstić information content (AvgIpc) is 3.56. The molecule has 7 rings (SSSR count). The molecule has 8 heteroatoms. The molecule has 0 radical (unpaired) electrons. The zero-order valence-corrected chi connectivity index (χ0v) is 32.7. The summed E-state index contributed by atoms with van der Waals surface area (Å²) in [4.78, 5) is 0. The van der Waals surface area contributed by atoms with E-state index in [1.54, 1.807) is 0 Å². The van der Waals surface area contributed by atoms with E-state index in [4.69, 9.17) is 29.5 Å². The molecule has 0 aliphatic rings. The molecule has 7 aromatic rings. The first kappa shape index (κ1) is 36.3. The third-order valence-corrected chi connectivity index (χ3v) is 17.2. The van der Waals surface area contributed by atoms with E-state index in [2.05, 4.69) is 218 Å². The summed E-state index contributed by atoms with van der Waals surface area (Å²) in [7, 11) is 6.09. The zero-order chi connectivity index (χ0) is 35.4. The van der Waals surface area contributed by atoms with Crippen molar-refractivity contribution in [1.82, 2.24) is 4.57 Å². The molecule has 6 aromatic carbocycles. The van der Waals surface area contributed by atoms with E-state index in [9.17, 15) is 0 Å². The van der Waals surface area contributed by atoms with Gasteiger partial charge < -0.3 is 13.9 Å². The Hall–Kier alpha value is -4.53.